The van der Waals surface area contributed by atoms with E-state index in [0.29, 0.717) is 0 Å². The lowest BCUT2D eigenvalue weighted by Crippen LogP contribution is -1.83. The highest BCUT2D eigenvalue weighted by Gasteiger charge is 2.01. The molecule has 0 amide bonds. The van der Waals surface area contributed by atoms with Gasteiger partial charge in [-0.1, -0.05) is 36.4 Å². The standard InChI is InChI=1S/C16H13N/c1-12-5-4-6-13-11-14(8-9-15(12)13)16-7-2-3-10-17-16/h2-11H,1H3. The zero-order valence-electron chi connectivity index (χ0n) is 9.72. The predicted molar refractivity (Wildman–Crippen MR) is 71.9 cm³/mol. The fourth-order valence-electron chi connectivity index (χ4n) is 2.14. The van der Waals surface area contributed by atoms with E-state index in [0.717, 1.165) is 5.69 Å². The van der Waals surface area contributed by atoms with Gasteiger partial charge in [0, 0.05) is 11.8 Å². The number of aromatic nitrogens is 1. The first kappa shape index (κ1) is 10.0. The smallest absolute Gasteiger partial charge is 0.0702 e. The summed E-state index contributed by atoms with van der Waals surface area (Å²) < 4.78 is 0. The van der Waals surface area contributed by atoms with Crippen molar-refractivity contribution in [3.8, 4) is 11.3 Å². The first-order valence-corrected chi connectivity index (χ1v) is 5.75. The molecular formula is C16H13N. The van der Waals surface area contributed by atoms with Crippen LogP contribution in [0.4, 0.5) is 0 Å². The highest BCUT2D eigenvalue weighted by atomic mass is 14.7. The molecule has 0 atom stereocenters. The van der Waals surface area contributed by atoms with Crippen molar-refractivity contribution in [1.82, 2.24) is 4.98 Å². The van der Waals surface area contributed by atoms with Gasteiger partial charge in [-0.25, -0.2) is 0 Å². The summed E-state index contributed by atoms with van der Waals surface area (Å²) in [6.07, 6.45) is 1.83. The Hall–Kier alpha value is -2.15. The van der Waals surface area contributed by atoms with Gasteiger partial charge in [-0.05, 0) is 41.5 Å². The molecule has 1 nitrogen and oxygen atoms in total. The second-order valence-electron chi connectivity index (χ2n) is 4.23. The predicted octanol–water partition coefficient (Wildman–Crippen LogP) is 4.21. The number of hydrogen-bond acceptors (Lipinski definition) is 1. The lowest BCUT2D eigenvalue weighted by Gasteiger charge is -2.05. The first-order chi connectivity index (χ1) is 8.34. The quantitative estimate of drug-likeness (QED) is 0.597. The summed E-state index contributed by atoms with van der Waals surface area (Å²) in [5, 5.41) is 2.58. The fourth-order valence-corrected chi connectivity index (χ4v) is 2.14. The molecule has 1 aromatic heterocycles. The molecule has 3 rings (SSSR count). The highest BCUT2D eigenvalue weighted by Crippen LogP contribution is 2.24. The molecule has 0 fully saturated rings. The monoisotopic (exact) mass is 219 g/mol. The van der Waals surface area contributed by atoms with Crippen LogP contribution in [0.2, 0.25) is 0 Å². The minimum absolute atomic E-state index is 1.02. The van der Waals surface area contributed by atoms with Crippen LogP contribution in [0.25, 0.3) is 22.0 Å². The van der Waals surface area contributed by atoms with Gasteiger partial charge in [0.1, 0.15) is 0 Å². The van der Waals surface area contributed by atoms with E-state index in [2.05, 4.69) is 48.3 Å². The first-order valence-electron chi connectivity index (χ1n) is 5.75. The molecular weight excluding hydrogens is 206 g/mol. The molecule has 1 heterocycles. The summed E-state index contributed by atoms with van der Waals surface area (Å²) in [6.45, 7) is 2.14. The zero-order valence-corrected chi connectivity index (χ0v) is 9.72. The van der Waals surface area contributed by atoms with Gasteiger partial charge in [0.05, 0.1) is 5.69 Å². The summed E-state index contributed by atoms with van der Waals surface area (Å²) in [4.78, 5) is 4.38. The molecule has 2 aromatic carbocycles. The van der Waals surface area contributed by atoms with E-state index in [-0.39, 0.29) is 0 Å². The van der Waals surface area contributed by atoms with E-state index >= 15 is 0 Å². The molecule has 0 radical (unpaired) electrons. The number of pyridine rings is 1. The lowest BCUT2D eigenvalue weighted by atomic mass is 10.0. The molecule has 0 aliphatic heterocycles. The van der Waals surface area contributed by atoms with Crippen molar-refractivity contribution in [2.75, 3.05) is 0 Å². The Kier molecular flexibility index (Phi) is 2.37. The van der Waals surface area contributed by atoms with Crippen LogP contribution in [0.5, 0.6) is 0 Å². The van der Waals surface area contributed by atoms with Crippen LogP contribution in [0.15, 0.2) is 60.8 Å². The molecule has 82 valence electrons. The van der Waals surface area contributed by atoms with Crippen molar-refractivity contribution in [2.45, 2.75) is 6.92 Å². The molecule has 0 N–H and O–H groups in total. The van der Waals surface area contributed by atoms with Crippen molar-refractivity contribution in [3.63, 3.8) is 0 Å². The normalized spacial score (nSPS) is 10.6. The molecule has 17 heavy (non-hydrogen) atoms. The third kappa shape index (κ3) is 1.80. The number of fused-ring (bicyclic) bond motifs is 1. The highest BCUT2D eigenvalue weighted by molar-refractivity contribution is 5.89. The van der Waals surface area contributed by atoms with Crippen LogP contribution in [0, 0.1) is 6.92 Å². The Morgan fingerprint density at radius 3 is 2.65 bits per heavy atom. The van der Waals surface area contributed by atoms with Crippen molar-refractivity contribution in [1.29, 1.82) is 0 Å². The average Bonchev–Trinajstić information content (AvgIpc) is 2.40. The van der Waals surface area contributed by atoms with Gasteiger partial charge in [0.25, 0.3) is 0 Å². The van der Waals surface area contributed by atoms with Gasteiger partial charge in [0.15, 0.2) is 0 Å². The maximum Gasteiger partial charge on any atom is 0.0702 e. The summed E-state index contributed by atoms with van der Waals surface area (Å²) >= 11 is 0. The molecule has 0 unspecified atom stereocenters. The van der Waals surface area contributed by atoms with Crippen LogP contribution in [0.1, 0.15) is 5.56 Å². The van der Waals surface area contributed by atoms with Crippen LogP contribution < -0.4 is 0 Å². The van der Waals surface area contributed by atoms with Gasteiger partial charge in [-0.2, -0.15) is 0 Å². The number of rotatable bonds is 1. The Labute approximate surface area is 101 Å². The van der Waals surface area contributed by atoms with Gasteiger partial charge in [0.2, 0.25) is 0 Å². The van der Waals surface area contributed by atoms with Crippen LogP contribution in [-0.2, 0) is 0 Å². The third-order valence-corrected chi connectivity index (χ3v) is 3.06. The van der Waals surface area contributed by atoms with Crippen molar-refractivity contribution >= 4 is 10.8 Å². The van der Waals surface area contributed by atoms with Crippen molar-refractivity contribution < 1.29 is 0 Å². The lowest BCUT2D eigenvalue weighted by molar-refractivity contribution is 1.33. The number of benzene rings is 2. The number of nitrogens with zero attached hydrogens (tertiary/aromatic N) is 1. The molecule has 0 aliphatic carbocycles. The van der Waals surface area contributed by atoms with E-state index in [1.807, 2.05) is 24.4 Å². The SMILES string of the molecule is Cc1cccc2cc(-c3ccccn3)ccc12. The van der Waals surface area contributed by atoms with Crippen LogP contribution >= 0.6 is 0 Å². The Balaban J connectivity index is 2.21. The summed E-state index contributed by atoms with van der Waals surface area (Å²) in [6, 6.07) is 18.9. The second kappa shape index (κ2) is 4.02. The average molecular weight is 219 g/mol. The molecule has 0 saturated heterocycles. The molecule has 0 bridgehead atoms. The van der Waals surface area contributed by atoms with Crippen LogP contribution in [0.3, 0.4) is 0 Å². The van der Waals surface area contributed by atoms with Gasteiger partial charge in [-0.15, -0.1) is 0 Å². The molecule has 0 aliphatic rings. The summed E-state index contributed by atoms with van der Waals surface area (Å²) in [5.74, 6) is 0. The molecule has 0 saturated carbocycles. The maximum atomic E-state index is 4.38. The summed E-state index contributed by atoms with van der Waals surface area (Å²) in [5.41, 5.74) is 3.51. The second-order valence-corrected chi connectivity index (χ2v) is 4.23. The van der Waals surface area contributed by atoms with E-state index < -0.39 is 0 Å². The van der Waals surface area contributed by atoms with Gasteiger partial charge < -0.3 is 0 Å². The van der Waals surface area contributed by atoms with Gasteiger partial charge in [-0.3, -0.25) is 4.98 Å². The van der Waals surface area contributed by atoms with E-state index in [1.54, 1.807) is 0 Å². The fraction of sp³-hybridized carbons (Fsp3) is 0.0625. The van der Waals surface area contributed by atoms with Crippen molar-refractivity contribution in [3.05, 3.63) is 66.4 Å². The van der Waals surface area contributed by atoms with Crippen molar-refractivity contribution in [2.24, 2.45) is 0 Å². The summed E-state index contributed by atoms with van der Waals surface area (Å²) in [7, 11) is 0. The topological polar surface area (TPSA) is 12.9 Å². The largest absolute Gasteiger partial charge is 0.256 e. The Bertz CT molecular complexity index is 657. The Morgan fingerprint density at radius 1 is 0.882 bits per heavy atom. The maximum absolute atomic E-state index is 4.38. The van der Waals surface area contributed by atoms with E-state index in [9.17, 15) is 0 Å². The molecule has 3 aromatic rings. The minimum atomic E-state index is 1.02. The minimum Gasteiger partial charge on any atom is -0.256 e. The van der Waals surface area contributed by atoms with Gasteiger partial charge >= 0.3 is 0 Å². The van der Waals surface area contributed by atoms with E-state index in [4.69, 9.17) is 0 Å². The zero-order chi connectivity index (χ0) is 11.7. The Morgan fingerprint density at radius 2 is 1.82 bits per heavy atom. The number of hydrogen-bond donors (Lipinski definition) is 0. The molecule has 1 heteroatoms. The third-order valence-electron chi connectivity index (χ3n) is 3.06. The van der Waals surface area contributed by atoms with Crippen LogP contribution in [-0.4, -0.2) is 4.98 Å². The molecule has 0 spiro atoms. The van der Waals surface area contributed by atoms with E-state index in [1.165, 1.54) is 21.9 Å². The number of aryl methyl sites for hydroxylation is 1.